The van der Waals surface area contributed by atoms with Crippen molar-refractivity contribution < 1.29 is 22.7 Å². The van der Waals surface area contributed by atoms with E-state index in [0.29, 0.717) is 37.1 Å². The summed E-state index contributed by atoms with van der Waals surface area (Å²) in [6, 6.07) is 13.9. The van der Waals surface area contributed by atoms with E-state index < -0.39 is 10.0 Å². The lowest BCUT2D eigenvalue weighted by Crippen LogP contribution is -2.45. The number of hydrogen-bond acceptors (Lipinski definition) is 5. The van der Waals surface area contributed by atoms with E-state index >= 15 is 0 Å². The summed E-state index contributed by atoms with van der Waals surface area (Å²) in [5.41, 5.74) is 0.825. The smallest absolute Gasteiger partial charge is 0.240 e. The standard InChI is InChI=1S/C23H29ClN2O5S/c1-2-31-20-6-8-21(9-7-20)32(28,29)26-13-10-22(27)25-17-23(11-14-30-15-12-23)18-4-3-5-19(24)16-18/h3-9,16,26H,2,10-15,17H2,1H3,(H,25,27). The van der Waals surface area contributed by atoms with Gasteiger partial charge in [-0.05, 0) is 61.7 Å². The van der Waals surface area contributed by atoms with Gasteiger partial charge in [-0.25, -0.2) is 13.1 Å². The number of carbonyl (C=O) groups excluding carboxylic acids is 1. The lowest BCUT2D eigenvalue weighted by atomic mass is 9.74. The first kappa shape index (κ1) is 24.5. The molecule has 0 radical (unpaired) electrons. The molecule has 32 heavy (non-hydrogen) atoms. The number of rotatable bonds is 10. The molecule has 2 aromatic rings. The van der Waals surface area contributed by atoms with Crippen molar-refractivity contribution >= 4 is 27.5 Å². The maximum absolute atomic E-state index is 12.4. The van der Waals surface area contributed by atoms with Crippen LogP contribution in [0, 0.1) is 0 Å². The molecule has 1 aliphatic heterocycles. The molecule has 0 unspecified atom stereocenters. The largest absolute Gasteiger partial charge is 0.494 e. The fourth-order valence-corrected chi connectivity index (χ4v) is 4.99. The third-order valence-electron chi connectivity index (χ3n) is 5.60. The molecule has 1 saturated heterocycles. The number of carbonyl (C=O) groups is 1. The van der Waals surface area contributed by atoms with Crippen LogP contribution in [0.3, 0.4) is 0 Å². The lowest BCUT2D eigenvalue weighted by molar-refractivity contribution is -0.121. The van der Waals surface area contributed by atoms with Crippen LogP contribution in [0.1, 0.15) is 31.7 Å². The number of hydrogen-bond donors (Lipinski definition) is 2. The van der Waals surface area contributed by atoms with Crippen LogP contribution in [0.4, 0.5) is 0 Å². The third kappa shape index (κ3) is 6.45. The predicted molar refractivity (Wildman–Crippen MR) is 124 cm³/mol. The lowest BCUT2D eigenvalue weighted by Gasteiger charge is -2.38. The maximum atomic E-state index is 12.4. The summed E-state index contributed by atoms with van der Waals surface area (Å²) >= 11 is 6.18. The van der Waals surface area contributed by atoms with Crippen LogP contribution in [-0.2, 0) is 25.0 Å². The molecule has 1 amide bonds. The van der Waals surface area contributed by atoms with Crippen molar-refractivity contribution in [1.82, 2.24) is 10.0 Å². The van der Waals surface area contributed by atoms with Gasteiger partial charge in [-0.1, -0.05) is 23.7 Å². The van der Waals surface area contributed by atoms with Crippen LogP contribution >= 0.6 is 11.6 Å². The Morgan fingerprint density at radius 2 is 1.88 bits per heavy atom. The average Bonchev–Trinajstić information content (AvgIpc) is 2.79. The highest BCUT2D eigenvalue weighted by Crippen LogP contribution is 2.35. The molecule has 2 aromatic carbocycles. The Morgan fingerprint density at radius 1 is 1.16 bits per heavy atom. The van der Waals surface area contributed by atoms with Gasteiger partial charge in [-0.15, -0.1) is 0 Å². The van der Waals surface area contributed by atoms with Gasteiger partial charge in [0.15, 0.2) is 0 Å². The predicted octanol–water partition coefficient (Wildman–Crippen LogP) is 3.27. The van der Waals surface area contributed by atoms with Crippen molar-refractivity contribution in [2.75, 3.05) is 32.9 Å². The normalized spacial score (nSPS) is 15.8. The molecule has 7 nitrogen and oxygen atoms in total. The Kier molecular flexibility index (Phi) is 8.53. The Hall–Kier alpha value is -2.13. The van der Waals surface area contributed by atoms with Gasteiger partial charge in [0.2, 0.25) is 15.9 Å². The Bertz CT molecular complexity index is 1010. The van der Waals surface area contributed by atoms with Crippen molar-refractivity contribution in [1.29, 1.82) is 0 Å². The molecule has 3 rings (SSSR count). The van der Waals surface area contributed by atoms with E-state index in [0.717, 1.165) is 18.4 Å². The molecule has 0 bridgehead atoms. The average molecular weight is 481 g/mol. The number of sulfonamides is 1. The van der Waals surface area contributed by atoms with Crippen LogP contribution in [-0.4, -0.2) is 47.2 Å². The van der Waals surface area contributed by atoms with Crippen LogP contribution in [0.15, 0.2) is 53.4 Å². The van der Waals surface area contributed by atoms with Gasteiger partial charge in [0.05, 0.1) is 11.5 Å². The van der Waals surface area contributed by atoms with Crippen molar-refractivity contribution in [3.63, 3.8) is 0 Å². The zero-order valence-corrected chi connectivity index (χ0v) is 19.7. The summed E-state index contributed by atoms with van der Waals surface area (Å²) in [6.07, 6.45) is 1.59. The van der Waals surface area contributed by atoms with Gasteiger partial charge < -0.3 is 14.8 Å². The summed E-state index contributed by atoms with van der Waals surface area (Å²) in [6.45, 7) is 4.05. The molecule has 0 atom stereocenters. The van der Waals surface area contributed by atoms with E-state index in [1.54, 1.807) is 12.1 Å². The minimum atomic E-state index is -3.70. The van der Waals surface area contributed by atoms with Crippen molar-refractivity contribution in [2.24, 2.45) is 0 Å². The fraction of sp³-hybridized carbons (Fsp3) is 0.435. The highest BCUT2D eigenvalue weighted by Gasteiger charge is 2.35. The number of benzene rings is 2. The van der Waals surface area contributed by atoms with Crippen molar-refractivity contribution in [3.8, 4) is 5.75 Å². The molecular formula is C23H29ClN2O5S. The maximum Gasteiger partial charge on any atom is 0.240 e. The molecule has 1 heterocycles. The number of amides is 1. The van der Waals surface area contributed by atoms with Crippen molar-refractivity contribution in [2.45, 2.75) is 36.5 Å². The summed E-state index contributed by atoms with van der Waals surface area (Å²) < 4.78 is 38.2. The molecule has 0 aliphatic carbocycles. The summed E-state index contributed by atoms with van der Waals surface area (Å²) in [5.74, 6) is 0.389. The van der Waals surface area contributed by atoms with Crippen molar-refractivity contribution in [3.05, 3.63) is 59.1 Å². The highest BCUT2D eigenvalue weighted by molar-refractivity contribution is 7.89. The van der Waals surface area contributed by atoms with Gasteiger partial charge in [-0.3, -0.25) is 4.79 Å². The summed E-state index contributed by atoms with van der Waals surface area (Å²) in [5, 5.41) is 3.63. The second-order valence-electron chi connectivity index (χ2n) is 7.73. The summed E-state index contributed by atoms with van der Waals surface area (Å²) in [7, 11) is -3.70. The second-order valence-corrected chi connectivity index (χ2v) is 9.94. The van der Waals surface area contributed by atoms with Gasteiger partial charge in [0, 0.05) is 43.2 Å². The molecule has 9 heteroatoms. The van der Waals surface area contributed by atoms with Crippen LogP contribution in [0.5, 0.6) is 5.75 Å². The Morgan fingerprint density at radius 3 is 2.53 bits per heavy atom. The van der Waals surface area contributed by atoms with E-state index in [9.17, 15) is 13.2 Å². The van der Waals surface area contributed by atoms with E-state index in [4.69, 9.17) is 21.1 Å². The van der Waals surface area contributed by atoms with Gasteiger partial charge in [0.1, 0.15) is 5.75 Å². The minimum absolute atomic E-state index is 0.00859. The SMILES string of the molecule is CCOc1ccc(S(=O)(=O)NCCC(=O)NCC2(c3cccc(Cl)c3)CCOCC2)cc1. The van der Waals surface area contributed by atoms with Crippen LogP contribution < -0.4 is 14.8 Å². The molecule has 2 N–H and O–H groups in total. The van der Waals surface area contributed by atoms with Crippen LogP contribution in [0.2, 0.25) is 5.02 Å². The van der Waals surface area contributed by atoms with E-state index in [1.807, 2.05) is 31.2 Å². The number of ether oxygens (including phenoxy) is 2. The molecule has 0 spiro atoms. The number of halogens is 1. The Balaban J connectivity index is 1.53. The van der Waals surface area contributed by atoms with E-state index in [1.165, 1.54) is 12.1 Å². The highest BCUT2D eigenvalue weighted by atomic mass is 35.5. The molecule has 1 aliphatic rings. The fourth-order valence-electron chi connectivity index (χ4n) is 3.77. The van der Waals surface area contributed by atoms with Gasteiger partial charge in [-0.2, -0.15) is 0 Å². The minimum Gasteiger partial charge on any atom is -0.494 e. The molecule has 0 aromatic heterocycles. The second kappa shape index (κ2) is 11.1. The van der Waals surface area contributed by atoms with Crippen LogP contribution in [0.25, 0.3) is 0 Å². The zero-order chi connectivity index (χ0) is 23.0. The first-order chi connectivity index (χ1) is 15.3. The first-order valence-corrected chi connectivity index (χ1v) is 12.5. The molecule has 0 saturated carbocycles. The van der Waals surface area contributed by atoms with Gasteiger partial charge >= 0.3 is 0 Å². The molecule has 1 fully saturated rings. The topological polar surface area (TPSA) is 93.7 Å². The quantitative estimate of drug-likeness (QED) is 0.544. The summed E-state index contributed by atoms with van der Waals surface area (Å²) in [4.78, 5) is 12.6. The third-order valence-corrected chi connectivity index (χ3v) is 7.31. The zero-order valence-electron chi connectivity index (χ0n) is 18.1. The molecule has 174 valence electrons. The van der Waals surface area contributed by atoms with E-state index in [-0.39, 0.29) is 29.2 Å². The van der Waals surface area contributed by atoms with E-state index in [2.05, 4.69) is 10.0 Å². The first-order valence-electron chi connectivity index (χ1n) is 10.7. The monoisotopic (exact) mass is 480 g/mol. The van der Waals surface area contributed by atoms with Gasteiger partial charge in [0.25, 0.3) is 0 Å². The molecular weight excluding hydrogens is 452 g/mol. The number of nitrogens with one attached hydrogen (secondary N) is 2. The Labute approximate surface area is 194 Å².